The summed E-state index contributed by atoms with van der Waals surface area (Å²) in [6, 6.07) is 17.7. The number of alkyl halides is 3. The molecule has 3 aromatic rings. The van der Waals surface area contributed by atoms with E-state index in [2.05, 4.69) is 36.6 Å². The summed E-state index contributed by atoms with van der Waals surface area (Å²) in [4.78, 5) is 16.6. The highest BCUT2D eigenvalue weighted by molar-refractivity contribution is 9.10. The lowest BCUT2D eigenvalue weighted by molar-refractivity contribution is -0.274. The van der Waals surface area contributed by atoms with Crippen LogP contribution in [0.2, 0.25) is 0 Å². The van der Waals surface area contributed by atoms with Gasteiger partial charge in [-0.15, -0.1) is 13.2 Å². The summed E-state index contributed by atoms with van der Waals surface area (Å²) >= 11 is 6.76. The minimum atomic E-state index is -4.90. The highest BCUT2D eigenvalue weighted by atomic mass is 79.9. The number of benzene rings is 3. The van der Waals surface area contributed by atoms with E-state index in [1.54, 1.807) is 48.5 Å². The molecule has 2 amide bonds. The van der Waals surface area contributed by atoms with Crippen molar-refractivity contribution in [1.82, 2.24) is 0 Å². The Morgan fingerprint density at radius 3 is 2.09 bits per heavy atom. The van der Waals surface area contributed by atoms with E-state index in [0.29, 0.717) is 24.2 Å². The predicted molar refractivity (Wildman–Crippen MR) is 134 cm³/mol. The predicted octanol–water partition coefficient (Wildman–Crippen LogP) is 7.57. The Hall–Kier alpha value is -2.56. The van der Waals surface area contributed by atoms with Gasteiger partial charge in [-0.3, -0.25) is 9.80 Å². The van der Waals surface area contributed by atoms with Crippen molar-refractivity contribution in [3.05, 3.63) is 87.3 Å². The van der Waals surface area contributed by atoms with E-state index >= 15 is 0 Å². The zero-order chi connectivity index (χ0) is 25.4. The summed E-state index contributed by atoms with van der Waals surface area (Å²) in [6.45, 7) is 1.91. The molecular weight excluding hydrogens is 593 g/mol. The van der Waals surface area contributed by atoms with E-state index in [4.69, 9.17) is 0 Å². The molecule has 1 unspecified atom stereocenters. The molecule has 0 saturated carbocycles. The van der Waals surface area contributed by atoms with Gasteiger partial charge >= 0.3 is 12.4 Å². The first-order chi connectivity index (χ1) is 16.5. The summed E-state index contributed by atoms with van der Waals surface area (Å²) < 4.78 is 44.5. The minimum Gasteiger partial charge on any atom is -0.406 e. The van der Waals surface area contributed by atoms with Crippen LogP contribution in [0.4, 0.5) is 29.3 Å². The lowest BCUT2D eigenvalue weighted by Gasteiger charge is -2.37. The summed E-state index contributed by atoms with van der Waals surface area (Å²) in [5, 5.41) is 12.3. The molecule has 184 valence electrons. The van der Waals surface area contributed by atoms with Crippen LogP contribution < -0.4 is 14.5 Å². The fourth-order valence-electron chi connectivity index (χ4n) is 4.35. The van der Waals surface area contributed by atoms with Crippen LogP contribution in [0.15, 0.2) is 81.7 Å². The molecule has 0 aliphatic carbocycles. The molecule has 0 bridgehead atoms. The van der Waals surface area contributed by atoms with Crippen LogP contribution in [-0.4, -0.2) is 23.5 Å². The second-order valence-corrected chi connectivity index (χ2v) is 9.88. The van der Waals surface area contributed by atoms with Crippen LogP contribution in [0.3, 0.4) is 0 Å². The third-order valence-electron chi connectivity index (χ3n) is 5.76. The molecule has 2 atom stereocenters. The quantitative estimate of drug-likeness (QED) is 0.312. The first-order valence-corrected chi connectivity index (χ1v) is 12.4. The Bertz CT molecular complexity index is 1210. The summed E-state index contributed by atoms with van der Waals surface area (Å²) in [6.07, 6.45) is -3.90. The fraction of sp³-hybridized carbons (Fsp3) is 0.240. The Morgan fingerprint density at radius 1 is 0.971 bits per heavy atom. The highest BCUT2D eigenvalue weighted by Gasteiger charge is 2.58. The molecule has 1 saturated heterocycles. The third-order valence-corrected chi connectivity index (χ3v) is 6.82. The van der Waals surface area contributed by atoms with Crippen LogP contribution in [0, 0.1) is 0 Å². The van der Waals surface area contributed by atoms with E-state index in [9.17, 15) is 23.1 Å². The number of rotatable bonds is 6. The Kier molecular flexibility index (Phi) is 7.17. The van der Waals surface area contributed by atoms with E-state index < -0.39 is 29.9 Å². The topological polar surface area (TPSA) is 53.0 Å². The number of anilines is 2. The largest absolute Gasteiger partial charge is 0.573 e. The number of carbonyl (C=O) groups is 1. The van der Waals surface area contributed by atoms with E-state index in [1.807, 2.05) is 6.92 Å². The average Bonchev–Trinajstić information content (AvgIpc) is 3.02. The van der Waals surface area contributed by atoms with Crippen molar-refractivity contribution in [2.45, 2.75) is 37.9 Å². The molecule has 0 radical (unpaired) electrons. The molecule has 1 aliphatic heterocycles. The molecule has 3 aromatic carbocycles. The van der Waals surface area contributed by atoms with Crippen molar-refractivity contribution in [2.75, 3.05) is 9.80 Å². The van der Waals surface area contributed by atoms with Crippen LogP contribution in [-0.2, 0) is 5.72 Å². The van der Waals surface area contributed by atoms with Gasteiger partial charge in [0, 0.05) is 25.9 Å². The van der Waals surface area contributed by atoms with Gasteiger partial charge in [0.2, 0.25) is 0 Å². The van der Waals surface area contributed by atoms with Crippen LogP contribution in [0.1, 0.15) is 25.3 Å². The SMILES string of the molecule is CCC[C@@H]1N(c2ccc(Br)cc2)C(=O)N(c2ccc(Br)cc2)C1(O)c1cccc(OC(F)(F)F)c1. The normalized spacial score (nSPS) is 20.4. The molecule has 5 nitrogen and oxygen atoms in total. The van der Waals surface area contributed by atoms with E-state index in [1.165, 1.54) is 21.9 Å². The average molecular weight is 614 g/mol. The number of nitrogens with zero attached hydrogens (tertiary/aromatic N) is 2. The molecule has 1 fully saturated rings. The molecule has 0 spiro atoms. The lowest BCUT2D eigenvalue weighted by Crippen LogP contribution is -2.49. The number of aliphatic hydroxyl groups is 1. The van der Waals surface area contributed by atoms with Gasteiger partial charge in [0.05, 0.1) is 6.04 Å². The maximum Gasteiger partial charge on any atom is 0.573 e. The van der Waals surface area contributed by atoms with Crippen molar-refractivity contribution in [3.63, 3.8) is 0 Å². The van der Waals surface area contributed by atoms with Crippen molar-refractivity contribution < 1.29 is 27.8 Å². The molecule has 4 rings (SSSR count). The Labute approximate surface area is 217 Å². The highest BCUT2D eigenvalue weighted by Crippen LogP contribution is 2.47. The number of urea groups is 1. The number of halogens is 5. The number of hydrogen-bond acceptors (Lipinski definition) is 3. The minimum absolute atomic E-state index is 0.105. The van der Waals surface area contributed by atoms with E-state index in [0.717, 1.165) is 21.1 Å². The molecule has 1 heterocycles. The zero-order valence-corrected chi connectivity index (χ0v) is 21.6. The maximum atomic E-state index is 13.9. The number of carbonyl (C=O) groups excluding carboxylic acids is 1. The van der Waals surface area contributed by atoms with Crippen molar-refractivity contribution in [2.24, 2.45) is 0 Å². The van der Waals surface area contributed by atoms with Crippen molar-refractivity contribution in [1.29, 1.82) is 0 Å². The molecule has 35 heavy (non-hydrogen) atoms. The second kappa shape index (κ2) is 9.83. The molecule has 1 aliphatic rings. The van der Waals surface area contributed by atoms with Gasteiger partial charge in [-0.25, -0.2) is 4.79 Å². The van der Waals surface area contributed by atoms with Gasteiger partial charge in [0.1, 0.15) is 5.75 Å². The molecule has 10 heteroatoms. The first kappa shape index (κ1) is 25.5. The summed E-state index contributed by atoms with van der Waals surface area (Å²) in [7, 11) is 0. The van der Waals surface area contributed by atoms with Crippen molar-refractivity contribution in [3.8, 4) is 5.75 Å². The standard InChI is InChI=1S/C25H21Br2F3N2O3/c1-2-4-22-24(34,16-5-3-6-21(15-16)35-25(28,29)30)32(20-13-9-18(27)10-14-20)23(33)31(22)19-11-7-17(26)8-12-19/h3,5-15,22,34H,2,4H2,1H3/t22-,24?/m0/s1. The van der Waals surface area contributed by atoms with Gasteiger partial charge in [-0.05, 0) is 67.1 Å². The smallest absolute Gasteiger partial charge is 0.406 e. The van der Waals surface area contributed by atoms with Crippen LogP contribution in [0.5, 0.6) is 5.75 Å². The van der Waals surface area contributed by atoms with Crippen molar-refractivity contribution >= 4 is 49.3 Å². The van der Waals surface area contributed by atoms with Gasteiger partial charge in [-0.1, -0.05) is 57.3 Å². The van der Waals surface area contributed by atoms with E-state index in [-0.39, 0.29) is 5.56 Å². The first-order valence-electron chi connectivity index (χ1n) is 10.8. The molecular formula is C25H21Br2F3N2O3. The monoisotopic (exact) mass is 612 g/mol. The second-order valence-electron chi connectivity index (χ2n) is 8.05. The van der Waals surface area contributed by atoms with Gasteiger partial charge in [0.15, 0.2) is 5.72 Å². The Balaban J connectivity index is 1.92. The van der Waals surface area contributed by atoms with Gasteiger partial charge in [-0.2, -0.15) is 0 Å². The van der Waals surface area contributed by atoms with Crippen LogP contribution in [0.25, 0.3) is 0 Å². The molecule has 0 aromatic heterocycles. The summed E-state index contributed by atoms with van der Waals surface area (Å²) in [5.74, 6) is -0.482. The lowest BCUT2D eigenvalue weighted by atomic mass is 9.90. The zero-order valence-electron chi connectivity index (χ0n) is 18.5. The van der Waals surface area contributed by atoms with Crippen LogP contribution >= 0.6 is 31.9 Å². The summed E-state index contributed by atoms with van der Waals surface area (Å²) in [5.41, 5.74) is -0.937. The van der Waals surface area contributed by atoms with Gasteiger partial charge < -0.3 is 9.84 Å². The number of hydrogen-bond donors (Lipinski definition) is 1. The number of amides is 2. The third kappa shape index (κ3) is 5.05. The maximum absolute atomic E-state index is 13.9. The fourth-order valence-corrected chi connectivity index (χ4v) is 4.88. The Morgan fingerprint density at radius 2 is 1.54 bits per heavy atom. The molecule has 1 N–H and O–H groups in total. The number of ether oxygens (including phenoxy) is 1. The van der Waals surface area contributed by atoms with Gasteiger partial charge in [0.25, 0.3) is 0 Å².